The van der Waals surface area contributed by atoms with Gasteiger partial charge in [0.15, 0.2) is 28.8 Å². The molecule has 30 heavy (non-hydrogen) atoms. The predicted molar refractivity (Wildman–Crippen MR) is 103 cm³/mol. The Kier molecular flexibility index (Phi) is 5.71. The Balaban J connectivity index is 2.12. The number of carbonyl (C=O) groups excluding carboxylic acids is 1. The number of ketones is 1. The van der Waals surface area contributed by atoms with Gasteiger partial charge in [0.05, 0.1) is 23.2 Å². The molecule has 3 rings (SSSR count). The number of aromatic nitrogens is 2. The second-order valence-corrected chi connectivity index (χ2v) is 8.04. The molecule has 0 saturated carbocycles. The van der Waals surface area contributed by atoms with Crippen molar-refractivity contribution in [3.63, 3.8) is 0 Å². The van der Waals surface area contributed by atoms with Crippen LogP contribution in [0.1, 0.15) is 29.3 Å². The first-order valence-corrected chi connectivity index (χ1v) is 10.2. The summed E-state index contributed by atoms with van der Waals surface area (Å²) in [4.78, 5) is 23.8. The lowest BCUT2D eigenvalue weighted by molar-refractivity contribution is 0.103. The molecule has 0 bridgehead atoms. The summed E-state index contributed by atoms with van der Waals surface area (Å²) in [5, 5.41) is 0. The van der Waals surface area contributed by atoms with Crippen LogP contribution in [0, 0.1) is 24.0 Å². The molecular formula is C19H13F3N4O3S. The van der Waals surface area contributed by atoms with E-state index in [9.17, 15) is 26.4 Å². The first kappa shape index (κ1) is 21.2. The highest BCUT2D eigenvalue weighted by atomic mass is 32.2. The number of sulfonamides is 1. The third-order valence-electron chi connectivity index (χ3n) is 4.03. The van der Waals surface area contributed by atoms with Crippen LogP contribution in [0.5, 0.6) is 0 Å². The third-order valence-corrected chi connectivity index (χ3v) is 5.50. The lowest BCUT2D eigenvalue weighted by Gasteiger charge is -2.12. The minimum Gasteiger partial charge on any atom is -0.359 e. The summed E-state index contributed by atoms with van der Waals surface area (Å²) in [5.41, 5.74) is -1.92. The molecule has 2 aromatic carbocycles. The van der Waals surface area contributed by atoms with Crippen LogP contribution in [0.15, 0.2) is 30.5 Å². The molecule has 0 aliphatic carbocycles. The quantitative estimate of drug-likeness (QED) is 0.360. The number of carbonyl (C=O) groups is 1. The van der Waals surface area contributed by atoms with Crippen molar-refractivity contribution in [1.82, 2.24) is 9.97 Å². The average Bonchev–Trinajstić information content (AvgIpc) is 2.70. The van der Waals surface area contributed by atoms with Crippen molar-refractivity contribution in [3.05, 3.63) is 70.5 Å². The van der Waals surface area contributed by atoms with Crippen LogP contribution in [0.3, 0.4) is 0 Å². The molecule has 0 saturated heterocycles. The second-order valence-electron chi connectivity index (χ2n) is 6.20. The fourth-order valence-electron chi connectivity index (χ4n) is 2.71. The van der Waals surface area contributed by atoms with E-state index in [1.54, 1.807) is 6.92 Å². The first-order valence-electron chi connectivity index (χ1n) is 8.53. The van der Waals surface area contributed by atoms with Crippen molar-refractivity contribution in [2.24, 2.45) is 0 Å². The van der Waals surface area contributed by atoms with E-state index in [2.05, 4.69) is 14.8 Å². The number of fused-ring (bicyclic) bond motifs is 1. The Morgan fingerprint density at radius 1 is 1.17 bits per heavy atom. The number of nitrogens with one attached hydrogen (secondary N) is 1. The molecule has 7 nitrogen and oxygen atoms in total. The van der Waals surface area contributed by atoms with E-state index in [0.29, 0.717) is 11.6 Å². The van der Waals surface area contributed by atoms with Crippen molar-refractivity contribution in [3.8, 4) is 0 Å². The van der Waals surface area contributed by atoms with Gasteiger partial charge in [-0.2, -0.15) is 0 Å². The molecule has 154 valence electrons. The summed E-state index contributed by atoms with van der Waals surface area (Å²) < 4.78 is 68.8. The van der Waals surface area contributed by atoms with E-state index in [0.717, 1.165) is 6.07 Å². The zero-order valence-electron chi connectivity index (χ0n) is 15.4. The molecule has 0 aliphatic heterocycles. The zero-order chi connectivity index (χ0) is 22.1. The number of benzene rings is 2. The van der Waals surface area contributed by atoms with Crippen LogP contribution < -0.4 is 4.72 Å². The minimum absolute atomic E-state index is 0.0529. The number of nitrogens with zero attached hydrogens (tertiary/aromatic N) is 3. The molecule has 0 spiro atoms. The van der Waals surface area contributed by atoms with Gasteiger partial charge in [0, 0.05) is 17.7 Å². The van der Waals surface area contributed by atoms with Crippen LogP contribution in [0.4, 0.5) is 24.7 Å². The van der Waals surface area contributed by atoms with Crippen LogP contribution in [0.25, 0.3) is 15.9 Å². The molecule has 0 atom stereocenters. The van der Waals surface area contributed by atoms with Crippen molar-refractivity contribution in [2.45, 2.75) is 13.3 Å². The van der Waals surface area contributed by atoms with Crippen molar-refractivity contribution in [2.75, 3.05) is 10.5 Å². The van der Waals surface area contributed by atoms with E-state index in [-0.39, 0.29) is 29.1 Å². The Labute approximate surface area is 169 Å². The summed E-state index contributed by atoms with van der Waals surface area (Å²) in [5.74, 6) is -6.54. The maximum absolute atomic E-state index is 14.8. The fraction of sp³-hybridized carbons (Fsp3) is 0.158. The minimum atomic E-state index is -4.02. The normalized spacial score (nSPS) is 11.3. The van der Waals surface area contributed by atoms with Crippen molar-refractivity contribution in [1.29, 1.82) is 0 Å². The molecule has 0 radical (unpaired) electrons. The Morgan fingerprint density at radius 3 is 2.57 bits per heavy atom. The summed E-state index contributed by atoms with van der Waals surface area (Å²) in [7, 11) is -4.02. The topological polar surface area (TPSA) is 93.4 Å². The highest BCUT2D eigenvalue weighted by molar-refractivity contribution is 7.92. The van der Waals surface area contributed by atoms with Crippen LogP contribution in [-0.4, -0.2) is 29.9 Å². The molecular weight excluding hydrogens is 421 g/mol. The Morgan fingerprint density at radius 2 is 1.90 bits per heavy atom. The molecule has 1 N–H and O–H groups in total. The maximum atomic E-state index is 14.8. The van der Waals surface area contributed by atoms with Crippen LogP contribution in [-0.2, 0) is 10.0 Å². The number of anilines is 1. The molecule has 11 heteroatoms. The zero-order valence-corrected chi connectivity index (χ0v) is 16.2. The summed E-state index contributed by atoms with van der Waals surface area (Å²) in [6.07, 6.45) is 1.43. The summed E-state index contributed by atoms with van der Waals surface area (Å²) in [6.45, 7) is 8.52. The first-order chi connectivity index (χ1) is 14.2. The smallest absolute Gasteiger partial charge is 0.288 e. The Hall–Kier alpha value is -3.52. The van der Waals surface area contributed by atoms with Gasteiger partial charge in [-0.15, -0.1) is 4.98 Å². The number of hydrogen-bond acceptors (Lipinski definition) is 5. The van der Waals surface area contributed by atoms with Gasteiger partial charge < -0.3 is 4.85 Å². The fourth-order valence-corrected chi connectivity index (χ4v) is 3.83. The van der Waals surface area contributed by atoms with Gasteiger partial charge in [0.1, 0.15) is 5.52 Å². The average molecular weight is 434 g/mol. The highest BCUT2D eigenvalue weighted by Crippen LogP contribution is 2.28. The van der Waals surface area contributed by atoms with Crippen molar-refractivity contribution >= 4 is 38.3 Å². The van der Waals surface area contributed by atoms with E-state index in [4.69, 9.17) is 6.57 Å². The summed E-state index contributed by atoms with van der Waals surface area (Å²) in [6, 6.07) is 4.05. The predicted octanol–water partition coefficient (Wildman–Crippen LogP) is 3.98. The molecule has 0 amide bonds. The van der Waals surface area contributed by atoms with Gasteiger partial charge in [-0.25, -0.2) is 21.6 Å². The second kappa shape index (κ2) is 8.08. The van der Waals surface area contributed by atoms with Gasteiger partial charge in [0.2, 0.25) is 10.0 Å². The molecule has 1 aromatic heterocycles. The van der Waals surface area contributed by atoms with Gasteiger partial charge in [-0.05, 0) is 18.6 Å². The highest BCUT2D eigenvalue weighted by Gasteiger charge is 2.27. The van der Waals surface area contributed by atoms with Crippen molar-refractivity contribution < 1.29 is 26.4 Å². The van der Waals surface area contributed by atoms with Gasteiger partial charge in [-0.1, -0.05) is 13.5 Å². The van der Waals surface area contributed by atoms with Gasteiger partial charge in [-0.3, -0.25) is 14.5 Å². The molecule has 1 heterocycles. The number of hydrogen-bond donors (Lipinski definition) is 1. The summed E-state index contributed by atoms with van der Waals surface area (Å²) >= 11 is 0. The number of rotatable bonds is 6. The number of halogens is 3. The van der Waals surface area contributed by atoms with E-state index in [1.807, 2.05) is 4.72 Å². The lowest BCUT2D eigenvalue weighted by atomic mass is 10.0. The lowest BCUT2D eigenvalue weighted by Crippen LogP contribution is -2.19. The van der Waals surface area contributed by atoms with E-state index in [1.165, 1.54) is 18.3 Å². The van der Waals surface area contributed by atoms with E-state index >= 15 is 0 Å². The van der Waals surface area contributed by atoms with E-state index < -0.39 is 44.5 Å². The van der Waals surface area contributed by atoms with Crippen LogP contribution >= 0.6 is 0 Å². The van der Waals surface area contributed by atoms with Crippen LogP contribution in [0.2, 0.25) is 0 Å². The third kappa shape index (κ3) is 4.08. The molecule has 3 aromatic rings. The largest absolute Gasteiger partial charge is 0.359 e. The molecule has 0 unspecified atom stereocenters. The van der Waals surface area contributed by atoms with Gasteiger partial charge in [0.25, 0.3) is 5.82 Å². The maximum Gasteiger partial charge on any atom is 0.288 e. The van der Waals surface area contributed by atoms with Gasteiger partial charge >= 0.3 is 0 Å². The monoisotopic (exact) mass is 434 g/mol. The molecule has 0 aliphatic rings. The SMILES string of the molecule is [C-]#[N+]c1cnc2ccc(C(=O)c3c(F)c(F)cc(NS(=O)(=O)CCC)c3F)cc2n1. The Bertz CT molecular complexity index is 1320. The molecule has 0 fully saturated rings. The standard InChI is InChI=1S/C19H13F3N4O3S/c1-3-6-30(28,29)26-14-8-11(20)17(21)16(18(14)22)19(27)10-4-5-12-13(7-10)25-15(23-2)9-24-12/h4-5,7-9,26H,3,6H2,1H3.